The van der Waals surface area contributed by atoms with Gasteiger partial charge in [-0.25, -0.2) is 8.78 Å². The van der Waals surface area contributed by atoms with Crippen LogP contribution in [0.3, 0.4) is 0 Å². The predicted octanol–water partition coefficient (Wildman–Crippen LogP) is 3.08. The predicted molar refractivity (Wildman–Crippen MR) is 77.4 cm³/mol. The SMILES string of the molecule is OCC(CO)(Cc1cccc(F)c1Cl)c1ccccc1F. The number of rotatable bonds is 5. The molecule has 2 rings (SSSR count). The summed E-state index contributed by atoms with van der Waals surface area (Å²) in [6.07, 6.45) is 0.0253. The molecule has 2 nitrogen and oxygen atoms in total. The van der Waals surface area contributed by atoms with Gasteiger partial charge in [0.25, 0.3) is 0 Å². The lowest BCUT2D eigenvalue weighted by atomic mass is 9.76. The Labute approximate surface area is 126 Å². The number of aliphatic hydroxyl groups is 2. The zero-order valence-electron chi connectivity index (χ0n) is 11.2. The smallest absolute Gasteiger partial charge is 0.142 e. The van der Waals surface area contributed by atoms with Crippen molar-refractivity contribution in [3.63, 3.8) is 0 Å². The van der Waals surface area contributed by atoms with E-state index in [1.54, 1.807) is 12.1 Å². The highest BCUT2D eigenvalue weighted by Crippen LogP contribution is 2.33. The van der Waals surface area contributed by atoms with Gasteiger partial charge < -0.3 is 10.2 Å². The second kappa shape index (κ2) is 6.52. The van der Waals surface area contributed by atoms with Gasteiger partial charge in [0.15, 0.2) is 0 Å². The molecule has 2 aromatic rings. The number of halogens is 3. The molecule has 0 saturated heterocycles. The lowest BCUT2D eigenvalue weighted by Crippen LogP contribution is -2.38. The molecule has 21 heavy (non-hydrogen) atoms. The Morgan fingerprint density at radius 1 is 0.905 bits per heavy atom. The fraction of sp³-hybridized carbons (Fsp3) is 0.250. The van der Waals surface area contributed by atoms with E-state index in [4.69, 9.17) is 11.6 Å². The Bertz CT molecular complexity index is 627. The molecule has 5 heteroatoms. The molecule has 0 aliphatic carbocycles. The van der Waals surface area contributed by atoms with Crippen LogP contribution in [-0.2, 0) is 11.8 Å². The van der Waals surface area contributed by atoms with Crippen LogP contribution < -0.4 is 0 Å². The lowest BCUT2D eigenvalue weighted by molar-refractivity contribution is 0.113. The molecule has 0 atom stereocenters. The zero-order valence-corrected chi connectivity index (χ0v) is 11.9. The molecule has 0 unspecified atom stereocenters. The maximum atomic E-state index is 14.0. The molecule has 0 aliphatic heterocycles. The van der Waals surface area contributed by atoms with E-state index in [-0.39, 0.29) is 17.0 Å². The van der Waals surface area contributed by atoms with Gasteiger partial charge in [0.05, 0.1) is 18.2 Å². The number of aliphatic hydroxyl groups excluding tert-OH is 2. The van der Waals surface area contributed by atoms with Gasteiger partial charge in [0.2, 0.25) is 0 Å². The summed E-state index contributed by atoms with van der Waals surface area (Å²) in [4.78, 5) is 0. The Balaban J connectivity index is 2.49. The maximum absolute atomic E-state index is 14.0. The van der Waals surface area contributed by atoms with Crippen molar-refractivity contribution in [2.24, 2.45) is 0 Å². The van der Waals surface area contributed by atoms with Gasteiger partial charge in [-0.1, -0.05) is 41.9 Å². The highest BCUT2D eigenvalue weighted by Gasteiger charge is 2.34. The Morgan fingerprint density at radius 3 is 2.14 bits per heavy atom. The van der Waals surface area contributed by atoms with E-state index in [0.29, 0.717) is 5.56 Å². The highest BCUT2D eigenvalue weighted by atomic mass is 35.5. The topological polar surface area (TPSA) is 40.5 Å². The first-order valence-corrected chi connectivity index (χ1v) is 6.81. The molecule has 0 aliphatic rings. The third kappa shape index (κ3) is 3.07. The first-order valence-electron chi connectivity index (χ1n) is 6.43. The summed E-state index contributed by atoms with van der Waals surface area (Å²) < 4.78 is 27.5. The average molecular weight is 313 g/mol. The molecule has 0 fully saturated rings. The van der Waals surface area contributed by atoms with E-state index in [0.717, 1.165) is 0 Å². The van der Waals surface area contributed by atoms with Gasteiger partial charge in [-0.05, 0) is 29.7 Å². The van der Waals surface area contributed by atoms with Crippen LogP contribution in [-0.4, -0.2) is 23.4 Å². The molecule has 0 heterocycles. The molecular formula is C16H15ClF2O2. The van der Waals surface area contributed by atoms with Crippen molar-refractivity contribution < 1.29 is 19.0 Å². The number of hydrogen-bond acceptors (Lipinski definition) is 2. The van der Waals surface area contributed by atoms with Crippen molar-refractivity contribution in [3.05, 3.63) is 70.2 Å². The molecule has 0 amide bonds. The standard InChI is InChI=1S/C16H15ClF2O2/c17-15-11(4-3-7-14(15)19)8-16(9-20,10-21)12-5-1-2-6-13(12)18/h1-7,20-21H,8-10H2. The minimum Gasteiger partial charge on any atom is -0.395 e. The third-order valence-electron chi connectivity index (χ3n) is 3.61. The van der Waals surface area contributed by atoms with E-state index in [1.807, 2.05) is 0 Å². The second-order valence-corrected chi connectivity index (χ2v) is 5.34. The first kappa shape index (κ1) is 15.9. The molecule has 2 aromatic carbocycles. The molecule has 2 N–H and O–H groups in total. The fourth-order valence-electron chi connectivity index (χ4n) is 2.37. The van der Waals surface area contributed by atoms with Crippen LogP contribution in [0.5, 0.6) is 0 Å². The van der Waals surface area contributed by atoms with Gasteiger partial charge in [0.1, 0.15) is 11.6 Å². The van der Waals surface area contributed by atoms with Gasteiger partial charge in [0, 0.05) is 5.41 Å². The Kier molecular flexibility index (Phi) is 4.93. The number of benzene rings is 2. The Morgan fingerprint density at radius 2 is 1.52 bits per heavy atom. The van der Waals surface area contributed by atoms with Crippen LogP contribution >= 0.6 is 11.6 Å². The van der Waals surface area contributed by atoms with Crippen molar-refractivity contribution in [1.82, 2.24) is 0 Å². The van der Waals surface area contributed by atoms with Crippen molar-refractivity contribution in [3.8, 4) is 0 Å². The quantitative estimate of drug-likeness (QED) is 0.891. The van der Waals surface area contributed by atoms with Crippen LogP contribution in [0, 0.1) is 11.6 Å². The van der Waals surface area contributed by atoms with Crippen molar-refractivity contribution >= 4 is 11.6 Å². The minimum absolute atomic E-state index is 0.0253. The molecule has 0 spiro atoms. The first-order chi connectivity index (χ1) is 10.0. The van der Waals surface area contributed by atoms with Gasteiger partial charge in [-0.3, -0.25) is 0 Å². The summed E-state index contributed by atoms with van der Waals surface area (Å²) in [5.41, 5.74) is -0.679. The van der Waals surface area contributed by atoms with Crippen molar-refractivity contribution in [2.45, 2.75) is 11.8 Å². The van der Waals surface area contributed by atoms with Crippen LogP contribution in [0.1, 0.15) is 11.1 Å². The lowest BCUT2D eigenvalue weighted by Gasteiger charge is -2.31. The summed E-state index contributed by atoms with van der Waals surface area (Å²) in [6, 6.07) is 10.2. The summed E-state index contributed by atoms with van der Waals surface area (Å²) in [7, 11) is 0. The maximum Gasteiger partial charge on any atom is 0.142 e. The average Bonchev–Trinajstić information content (AvgIpc) is 2.50. The van der Waals surface area contributed by atoms with E-state index in [9.17, 15) is 19.0 Å². The molecular weight excluding hydrogens is 298 g/mol. The molecule has 112 valence electrons. The highest BCUT2D eigenvalue weighted by molar-refractivity contribution is 6.31. The van der Waals surface area contributed by atoms with E-state index in [1.165, 1.54) is 30.3 Å². The minimum atomic E-state index is -1.26. The van der Waals surface area contributed by atoms with E-state index in [2.05, 4.69) is 0 Å². The van der Waals surface area contributed by atoms with Crippen molar-refractivity contribution in [2.75, 3.05) is 13.2 Å². The molecule has 0 radical (unpaired) electrons. The molecule has 0 bridgehead atoms. The third-order valence-corrected chi connectivity index (χ3v) is 4.03. The largest absolute Gasteiger partial charge is 0.395 e. The molecule has 0 saturated carbocycles. The van der Waals surface area contributed by atoms with E-state index < -0.39 is 30.3 Å². The molecule has 0 aromatic heterocycles. The number of hydrogen-bond donors (Lipinski definition) is 2. The summed E-state index contributed by atoms with van der Waals surface area (Å²) in [6.45, 7) is -0.978. The zero-order chi connectivity index (χ0) is 15.5. The second-order valence-electron chi connectivity index (χ2n) is 4.97. The van der Waals surface area contributed by atoms with Gasteiger partial charge >= 0.3 is 0 Å². The van der Waals surface area contributed by atoms with Crippen molar-refractivity contribution in [1.29, 1.82) is 0 Å². The van der Waals surface area contributed by atoms with Crippen LogP contribution in [0.4, 0.5) is 8.78 Å². The summed E-state index contributed by atoms with van der Waals surface area (Å²) in [5.74, 6) is -1.12. The summed E-state index contributed by atoms with van der Waals surface area (Å²) in [5, 5.41) is 19.3. The Hall–Kier alpha value is -1.49. The van der Waals surface area contributed by atoms with Crippen LogP contribution in [0.15, 0.2) is 42.5 Å². The van der Waals surface area contributed by atoms with Crippen LogP contribution in [0.25, 0.3) is 0 Å². The van der Waals surface area contributed by atoms with Crippen LogP contribution in [0.2, 0.25) is 5.02 Å². The summed E-state index contributed by atoms with van der Waals surface area (Å²) >= 11 is 5.91. The van der Waals surface area contributed by atoms with Gasteiger partial charge in [-0.2, -0.15) is 0 Å². The van der Waals surface area contributed by atoms with Gasteiger partial charge in [-0.15, -0.1) is 0 Å². The monoisotopic (exact) mass is 312 g/mol. The van der Waals surface area contributed by atoms with E-state index >= 15 is 0 Å². The fourth-order valence-corrected chi connectivity index (χ4v) is 2.56. The normalized spacial score (nSPS) is 11.7.